The van der Waals surface area contributed by atoms with Gasteiger partial charge in [-0.25, -0.2) is 4.39 Å². The first-order valence-corrected chi connectivity index (χ1v) is 8.88. The normalized spacial score (nSPS) is 24.0. The SMILES string of the molecule is C[C@@H]1CC=CC[C@H]1C(=O)N1CCC(Oc2ccc(C#N)cc2F)CC1. The van der Waals surface area contributed by atoms with Gasteiger partial charge in [0.1, 0.15) is 6.10 Å². The van der Waals surface area contributed by atoms with Gasteiger partial charge in [0.05, 0.1) is 11.6 Å². The summed E-state index contributed by atoms with van der Waals surface area (Å²) < 4.78 is 19.7. The molecule has 1 aromatic carbocycles. The fourth-order valence-electron chi connectivity index (χ4n) is 3.57. The second kappa shape index (κ2) is 7.69. The van der Waals surface area contributed by atoms with Gasteiger partial charge in [0.15, 0.2) is 11.6 Å². The molecule has 4 nitrogen and oxygen atoms in total. The zero-order valence-corrected chi connectivity index (χ0v) is 14.5. The summed E-state index contributed by atoms with van der Waals surface area (Å²) in [6.45, 7) is 3.43. The first kappa shape index (κ1) is 17.5. The number of carbonyl (C=O) groups is 1. The van der Waals surface area contributed by atoms with E-state index in [1.54, 1.807) is 6.07 Å². The van der Waals surface area contributed by atoms with Gasteiger partial charge in [0, 0.05) is 31.8 Å². The molecule has 0 N–H and O–H groups in total. The van der Waals surface area contributed by atoms with Crippen LogP contribution >= 0.6 is 0 Å². The second-order valence-corrected chi connectivity index (χ2v) is 6.93. The summed E-state index contributed by atoms with van der Waals surface area (Å²) in [5.74, 6) is 0.368. The van der Waals surface area contributed by atoms with E-state index < -0.39 is 5.82 Å². The Morgan fingerprint density at radius 2 is 2.00 bits per heavy atom. The van der Waals surface area contributed by atoms with Gasteiger partial charge in [0.25, 0.3) is 0 Å². The molecule has 0 bridgehead atoms. The van der Waals surface area contributed by atoms with Gasteiger partial charge in [0.2, 0.25) is 5.91 Å². The molecule has 0 radical (unpaired) electrons. The molecule has 0 aromatic heterocycles. The average Bonchev–Trinajstić information content (AvgIpc) is 2.64. The van der Waals surface area contributed by atoms with Crippen molar-refractivity contribution in [2.24, 2.45) is 11.8 Å². The highest BCUT2D eigenvalue weighted by Crippen LogP contribution is 2.29. The standard InChI is InChI=1S/C20H23FN2O2/c1-14-4-2-3-5-17(14)20(24)23-10-8-16(9-11-23)25-19-7-6-15(13-22)12-18(19)21/h2-3,6-7,12,14,16-17H,4-5,8-11H2,1H3/t14-,17-/m1/s1. The molecular weight excluding hydrogens is 319 g/mol. The van der Waals surface area contributed by atoms with Crippen LogP contribution in [0.4, 0.5) is 4.39 Å². The number of hydrogen-bond donors (Lipinski definition) is 0. The van der Waals surface area contributed by atoms with Crippen LogP contribution in [0.5, 0.6) is 5.75 Å². The molecule has 25 heavy (non-hydrogen) atoms. The highest BCUT2D eigenvalue weighted by Gasteiger charge is 2.32. The third-order valence-electron chi connectivity index (χ3n) is 5.18. The van der Waals surface area contributed by atoms with Gasteiger partial charge in [-0.05, 0) is 37.0 Å². The van der Waals surface area contributed by atoms with Crippen molar-refractivity contribution in [1.29, 1.82) is 5.26 Å². The molecule has 1 aromatic rings. The van der Waals surface area contributed by atoms with Crippen LogP contribution in [0.2, 0.25) is 0 Å². The minimum absolute atomic E-state index is 0.0819. The van der Waals surface area contributed by atoms with Crippen molar-refractivity contribution in [3.05, 3.63) is 41.7 Å². The van der Waals surface area contributed by atoms with E-state index in [1.807, 2.05) is 11.0 Å². The van der Waals surface area contributed by atoms with E-state index in [2.05, 4.69) is 19.1 Å². The van der Waals surface area contributed by atoms with Gasteiger partial charge in [-0.1, -0.05) is 19.1 Å². The molecule has 0 unspecified atom stereocenters. The van der Waals surface area contributed by atoms with E-state index in [4.69, 9.17) is 10.00 Å². The maximum absolute atomic E-state index is 13.9. The topological polar surface area (TPSA) is 53.3 Å². The molecular formula is C20H23FN2O2. The van der Waals surface area contributed by atoms with Gasteiger partial charge in [-0.2, -0.15) is 5.26 Å². The quantitative estimate of drug-likeness (QED) is 0.788. The van der Waals surface area contributed by atoms with Crippen LogP contribution < -0.4 is 4.74 Å². The minimum atomic E-state index is -0.514. The van der Waals surface area contributed by atoms with Crippen molar-refractivity contribution < 1.29 is 13.9 Å². The smallest absolute Gasteiger partial charge is 0.226 e. The molecule has 132 valence electrons. The predicted octanol–water partition coefficient (Wildman–Crippen LogP) is 3.67. The lowest BCUT2D eigenvalue weighted by atomic mass is 9.83. The molecule has 1 fully saturated rings. The highest BCUT2D eigenvalue weighted by molar-refractivity contribution is 5.79. The van der Waals surface area contributed by atoms with E-state index in [9.17, 15) is 9.18 Å². The summed E-state index contributed by atoms with van der Waals surface area (Å²) in [6, 6.07) is 6.15. The Morgan fingerprint density at radius 3 is 2.64 bits per heavy atom. The van der Waals surface area contributed by atoms with Crippen LogP contribution in [-0.2, 0) is 4.79 Å². The van der Waals surface area contributed by atoms with Crippen molar-refractivity contribution in [1.82, 2.24) is 4.90 Å². The number of hydrogen-bond acceptors (Lipinski definition) is 3. The molecule has 2 atom stereocenters. The summed E-state index contributed by atoms with van der Waals surface area (Å²) in [6.07, 6.45) is 7.34. The van der Waals surface area contributed by atoms with Crippen molar-refractivity contribution in [2.75, 3.05) is 13.1 Å². The third-order valence-corrected chi connectivity index (χ3v) is 5.18. The predicted molar refractivity (Wildman–Crippen MR) is 92.4 cm³/mol. The van der Waals surface area contributed by atoms with Crippen molar-refractivity contribution in [3.63, 3.8) is 0 Å². The van der Waals surface area contributed by atoms with E-state index in [1.165, 1.54) is 12.1 Å². The maximum Gasteiger partial charge on any atom is 0.226 e. The number of carbonyl (C=O) groups excluding carboxylic acids is 1. The maximum atomic E-state index is 13.9. The first-order valence-electron chi connectivity index (χ1n) is 8.88. The number of amides is 1. The Bertz CT molecular complexity index is 702. The Labute approximate surface area is 147 Å². The number of ether oxygens (including phenoxy) is 1. The molecule has 0 saturated carbocycles. The Kier molecular flexibility index (Phi) is 5.37. The monoisotopic (exact) mass is 342 g/mol. The van der Waals surface area contributed by atoms with Crippen LogP contribution in [0, 0.1) is 29.0 Å². The molecule has 1 aliphatic carbocycles. The largest absolute Gasteiger partial charge is 0.487 e. The third kappa shape index (κ3) is 4.01. The Hall–Kier alpha value is -2.35. The molecule has 0 spiro atoms. The molecule has 3 rings (SSSR count). The molecule has 1 amide bonds. The second-order valence-electron chi connectivity index (χ2n) is 6.93. The Balaban J connectivity index is 1.54. The number of allylic oxidation sites excluding steroid dienone is 2. The zero-order chi connectivity index (χ0) is 17.8. The molecule has 2 aliphatic rings. The zero-order valence-electron chi connectivity index (χ0n) is 14.5. The first-order chi connectivity index (χ1) is 12.1. The summed E-state index contributed by atoms with van der Waals surface area (Å²) >= 11 is 0. The fraction of sp³-hybridized carbons (Fsp3) is 0.500. The molecule has 1 saturated heterocycles. The van der Waals surface area contributed by atoms with Crippen LogP contribution in [0.25, 0.3) is 0 Å². The molecule has 5 heteroatoms. The number of likely N-dealkylation sites (tertiary alicyclic amines) is 1. The van der Waals surface area contributed by atoms with E-state index >= 15 is 0 Å². The molecule has 1 aliphatic heterocycles. The van der Waals surface area contributed by atoms with Crippen molar-refractivity contribution in [3.8, 4) is 11.8 Å². The summed E-state index contributed by atoms with van der Waals surface area (Å²) in [5.41, 5.74) is 0.279. The van der Waals surface area contributed by atoms with Crippen molar-refractivity contribution >= 4 is 5.91 Å². The van der Waals surface area contributed by atoms with Gasteiger partial charge >= 0.3 is 0 Å². The summed E-state index contributed by atoms with van der Waals surface area (Å²) in [5, 5.41) is 8.78. The van der Waals surface area contributed by atoms with Gasteiger partial charge < -0.3 is 9.64 Å². The number of piperidine rings is 1. The summed E-state index contributed by atoms with van der Waals surface area (Å²) in [7, 11) is 0. The Morgan fingerprint density at radius 1 is 1.28 bits per heavy atom. The van der Waals surface area contributed by atoms with E-state index in [0.717, 1.165) is 12.8 Å². The number of nitriles is 1. The average molecular weight is 342 g/mol. The van der Waals surface area contributed by atoms with E-state index in [-0.39, 0.29) is 29.2 Å². The lowest BCUT2D eigenvalue weighted by molar-refractivity contribution is -0.139. The number of halogens is 1. The number of nitrogens with zero attached hydrogens (tertiary/aromatic N) is 2. The van der Waals surface area contributed by atoms with Crippen LogP contribution in [0.3, 0.4) is 0 Å². The molecule has 1 heterocycles. The number of rotatable bonds is 3. The van der Waals surface area contributed by atoms with Gasteiger partial charge in [-0.3, -0.25) is 4.79 Å². The van der Waals surface area contributed by atoms with Crippen LogP contribution in [0.15, 0.2) is 30.4 Å². The lowest BCUT2D eigenvalue weighted by Crippen LogP contribution is -2.45. The summed E-state index contributed by atoms with van der Waals surface area (Å²) in [4.78, 5) is 14.6. The highest BCUT2D eigenvalue weighted by atomic mass is 19.1. The number of benzene rings is 1. The minimum Gasteiger partial charge on any atom is -0.487 e. The lowest BCUT2D eigenvalue weighted by Gasteiger charge is -2.36. The fourth-order valence-corrected chi connectivity index (χ4v) is 3.57. The van der Waals surface area contributed by atoms with Gasteiger partial charge in [-0.15, -0.1) is 0 Å². The van der Waals surface area contributed by atoms with E-state index in [0.29, 0.717) is 31.8 Å². The van der Waals surface area contributed by atoms with Crippen molar-refractivity contribution in [2.45, 2.75) is 38.7 Å². The van der Waals surface area contributed by atoms with Crippen LogP contribution in [-0.4, -0.2) is 30.0 Å². The van der Waals surface area contributed by atoms with Crippen LogP contribution in [0.1, 0.15) is 38.2 Å².